The molecule has 0 saturated heterocycles. The van der Waals surface area contributed by atoms with Crippen LogP contribution in [0.5, 0.6) is 0 Å². The van der Waals surface area contributed by atoms with Crippen LogP contribution in [0.2, 0.25) is 0 Å². The maximum absolute atomic E-state index is 12.7. The summed E-state index contributed by atoms with van der Waals surface area (Å²) >= 11 is 0. The second kappa shape index (κ2) is 8.44. The number of carbonyl (C=O) groups is 3. The fourth-order valence-electron chi connectivity index (χ4n) is 2.06. The number of imide groups is 1. The molecule has 0 aromatic heterocycles. The molecule has 0 aliphatic heterocycles. The van der Waals surface area contributed by atoms with E-state index in [1.54, 1.807) is 39.0 Å². The second-order valence-electron chi connectivity index (χ2n) is 6.31. The lowest BCUT2D eigenvalue weighted by Crippen LogP contribution is -2.50. The maximum Gasteiger partial charge on any atom is 0.418 e. The van der Waals surface area contributed by atoms with E-state index in [-0.39, 0.29) is 18.5 Å². The number of carbonyl (C=O) groups excluding carboxylic acids is 2. The number of hydrogen-bond donors (Lipinski definition) is 2. The van der Waals surface area contributed by atoms with Crippen LogP contribution in [-0.4, -0.2) is 46.2 Å². The fraction of sp³-hybridized carbons (Fsp3) is 0.471. The second-order valence-corrected chi connectivity index (χ2v) is 6.31. The molecule has 1 aromatic rings. The molecule has 1 aromatic carbocycles. The van der Waals surface area contributed by atoms with Crippen molar-refractivity contribution in [2.75, 3.05) is 6.54 Å². The molecule has 0 radical (unpaired) electrons. The Balaban J connectivity index is 3.21. The standard InChI is InChI=1S/C17H24N2O5/c1-17(2,3)24-16(23)19(13(15(21)22)10-7-11-18)14(20)12-8-5-4-6-9-12/h4-6,8-9,13H,7,10-11,18H2,1-3H3,(H,21,22)/t13-/m0/s1. The number of ether oxygens (including phenoxy) is 1. The molecular weight excluding hydrogens is 312 g/mol. The van der Waals surface area contributed by atoms with Gasteiger partial charge in [0.1, 0.15) is 11.6 Å². The van der Waals surface area contributed by atoms with E-state index in [1.807, 2.05) is 0 Å². The number of nitrogens with two attached hydrogens (primary N) is 1. The van der Waals surface area contributed by atoms with Gasteiger partial charge < -0.3 is 15.6 Å². The van der Waals surface area contributed by atoms with Crippen LogP contribution in [-0.2, 0) is 9.53 Å². The third-order valence-corrected chi connectivity index (χ3v) is 3.11. The highest BCUT2D eigenvalue weighted by Crippen LogP contribution is 2.18. The number of aliphatic carboxylic acids is 1. The highest BCUT2D eigenvalue weighted by atomic mass is 16.6. The quantitative estimate of drug-likeness (QED) is 0.824. The molecule has 0 fully saturated rings. The minimum atomic E-state index is -1.34. The Morgan fingerprint density at radius 1 is 1.21 bits per heavy atom. The van der Waals surface area contributed by atoms with Crippen LogP contribution < -0.4 is 5.73 Å². The first-order valence-corrected chi connectivity index (χ1v) is 7.72. The Kier molecular flexibility index (Phi) is 6.91. The molecule has 0 spiro atoms. The Morgan fingerprint density at radius 3 is 2.25 bits per heavy atom. The van der Waals surface area contributed by atoms with Gasteiger partial charge in [0.25, 0.3) is 5.91 Å². The summed E-state index contributed by atoms with van der Waals surface area (Å²) in [7, 11) is 0. The largest absolute Gasteiger partial charge is 0.480 e. The predicted octanol–water partition coefficient (Wildman–Crippen LogP) is 2.26. The first-order valence-electron chi connectivity index (χ1n) is 7.72. The Hall–Kier alpha value is -2.41. The highest BCUT2D eigenvalue weighted by Gasteiger charge is 2.37. The van der Waals surface area contributed by atoms with Crippen molar-refractivity contribution >= 4 is 18.0 Å². The summed E-state index contributed by atoms with van der Waals surface area (Å²) in [6.45, 7) is 5.19. The van der Waals surface area contributed by atoms with E-state index in [4.69, 9.17) is 10.5 Å². The molecule has 2 amide bonds. The first-order chi connectivity index (χ1) is 11.2. The van der Waals surface area contributed by atoms with E-state index >= 15 is 0 Å². The van der Waals surface area contributed by atoms with Gasteiger partial charge in [0.15, 0.2) is 0 Å². The minimum absolute atomic E-state index is 0.0592. The SMILES string of the molecule is CC(C)(C)OC(=O)N(C(=O)c1ccccc1)[C@@H](CCCN)C(=O)O. The Bertz CT molecular complexity index is 580. The van der Waals surface area contributed by atoms with Gasteiger partial charge in [-0.1, -0.05) is 18.2 Å². The number of nitrogens with zero attached hydrogens (tertiary/aromatic N) is 1. The molecule has 1 atom stereocenters. The zero-order chi connectivity index (χ0) is 18.3. The van der Waals surface area contributed by atoms with Gasteiger partial charge in [-0.2, -0.15) is 0 Å². The van der Waals surface area contributed by atoms with E-state index in [2.05, 4.69) is 0 Å². The summed E-state index contributed by atoms with van der Waals surface area (Å²) in [4.78, 5) is 37.5. The van der Waals surface area contributed by atoms with Gasteiger partial charge in [-0.15, -0.1) is 0 Å². The third kappa shape index (κ3) is 5.66. The summed E-state index contributed by atoms with van der Waals surface area (Å²) in [5.41, 5.74) is 4.78. The Labute approximate surface area is 141 Å². The average molecular weight is 336 g/mol. The lowest BCUT2D eigenvalue weighted by Gasteiger charge is -2.30. The lowest BCUT2D eigenvalue weighted by atomic mass is 10.1. The summed E-state index contributed by atoms with van der Waals surface area (Å²) in [6.07, 6.45) is -0.567. The van der Waals surface area contributed by atoms with Crippen LogP contribution in [0.1, 0.15) is 44.0 Å². The van der Waals surface area contributed by atoms with Crippen molar-refractivity contribution in [3.8, 4) is 0 Å². The van der Waals surface area contributed by atoms with Crippen LogP contribution in [0.25, 0.3) is 0 Å². The highest BCUT2D eigenvalue weighted by molar-refractivity contribution is 6.05. The van der Waals surface area contributed by atoms with Crippen molar-refractivity contribution in [3.05, 3.63) is 35.9 Å². The normalized spacial score (nSPS) is 12.3. The smallest absolute Gasteiger partial charge is 0.418 e. The molecule has 132 valence electrons. The zero-order valence-electron chi connectivity index (χ0n) is 14.2. The number of carboxylic acid groups (broad SMARTS) is 1. The molecule has 0 unspecified atom stereocenters. The molecular formula is C17H24N2O5. The van der Waals surface area contributed by atoms with Gasteiger partial charge in [0, 0.05) is 5.56 Å². The molecule has 0 aliphatic rings. The molecule has 7 heteroatoms. The van der Waals surface area contributed by atoms with Gasteiger partial charge >= 0.3 is 12.1 Å². The van der Waals surface area contributed by atoms with Crippen LogP contribution in [0.4, 0.5) is 4.79 Å². The van der Waals surface area contributed by atoms with Crippen molar-refractivity contribution in [3.63, 3.8) is 0 Å². The van der Waals surface area contributed by atoms with Gasteiger partial charge in [0.05, 0.1) is 0 Å². The summed E-state index contributed by atoms with van der Waals surface area (Å²) in [5.74, 6) is -1.99. The van der Waals surface area contributed by atoms with Gasteiger partial charge in [-0.3, -0.25) is 4.79 Å². The molecule has 3 N–H and O–H groups in total. The first kappa shape index (κ1) is 19.6. The van der Waals surface area contributed by atoms with E-state index in [1.165, 1.54) is 12.1 Å². The maximum atomic E-state index is 12.7. The van der Waals surface area contributed by atoms with Gasteiger partial charge in [0.2, 0.25) is 0 Å². The molecule has 7 nitrogen and oxygen atoms in total. The molecule has 0 heterocycles. The third-order valence-electron chi connectivity index (χ3n) is 3.11. The van der Waals surface area contributed by atoms with Crippen molar-refractivity contribution < 1.29 is 24.2 Å². The topological polar surface area (TPSA) is 110 Å². The minimum Gasteiger partial charge on any atom is -0.480 e. The molecule has 1 rings (SSSR count). The summed E-state index contributed by atoms with van der Waals surface area (Å²) in [5, 5.41) is 9.47. The number of rotatable bonds is 6. The molecule has 0 aliphatic carbocycles. The molecule has 0 bridgehead atoms. The van der Waals surface area contributed by atoms with E-state index in [0.717, 1.165) is 0 Å². The van der Waals surface area contributed by atoms with Crippen LogP contribution in [0.3, 0.4) is 0 Å². The summed E-state index contributed by atoms with van der Waals surface area (Å²) < 4.78 is 5.23. The number of benzene rings is 1. The zero-order valence-corrected chi connectivity index (χ0v) is 14.2. The van der Waals surface area contributed by atoms with Crippen molar-refractivity contribution in [2.24, 2.45) is 5.73 Å². The van der Waals surface area contributed by atoms with Crippen molar-refractivity contribution in [1.82, 2.24) is 4.90 Å². The van der Waals surface area contributed by atoms with Crippen LogP contribution in [0, 0.1) is 0 Å². The van der Waals surface area contributed by atoms with E-state index in [9.17, 15) is 19.5 Å². The monoisotopic (exact) mass is 336 g/mol. The molecule has 24 heavy (non-hydrogen) atoms. The lowest BCUT2D eigenvalue weighted by molar-refractivity contribution is -0.142. The van der Waals surface area contributed by atoms with E-state index in [0.29, 0.717) is 11.3 Å². The molecule has 0 saturated carbocycles. The van der Waals surface area contributed by atoms with Gasteiger partial charge in [-0.25, -0.2) is 14.5 Å². The van der Waals surface area contributed by atoms with Crippen LogP contribution in [0.15, 0.2) is 30.3 Å². The average Bonchev–Trinajstić information content (AvgIpc) is 2.49. The van der Waals surface area contributed by atoms with Crippen LogP contribution >= 0.6 is 0 Å². The number of hydrogen-bond acceptors (Lipinski definition) is 5. The fourth-order valence-corrected chi connectivity index (χ4v) is 2.06. The van der Waals surface area contributed by atoms with E-state index < -0.39 is 29.6 Å². The number of carboxylic acids is 1. The summed E-state index contributed by atoms with van der Waals surface area (Å²) in [6, 6.07) is 6.68. The number of amides is 2. The van der Waals surface area contributed by atoms with Gasteiger partial charge in [-0.05, 0) is 52.3 Å². The van der Waals surface area contributed by atoms with Crippen molar-refractivity contribution in [1.29, 1.82) is 0 Å². The van der Waals surface area contributed by atoms with Crippen molar-refractivity contribution in [2.45, 2.75) is 45.3 Å². The predicted molar refractivity (Wildman–Crippen MR) is 88.6 cm³/mol. The Morgan fingerprint density at radius 2 is 1.79 bits per heavy atom.